The molecule has 2 aromatic carbocycles. The molecule has 0 radical (unpaired) electrons. The Morgan fingerprint density at radius 1 is 0.735 bits per heavy atom. The first-order valence-corrected chi connectivity index (χ1v) is 20.3. The highest BCUT2D eigenvalue weighted by Gasteiger charge is 2.97. The summed E-state index contributed by atoms with van der Waals surface area (Å²) in [6, 6.07) is 14.3. The topological polar surface area (TPSA) is 166 Å². The summed E-state index contributed by atoms with van der Waals surface area (Å²) in [6.07, 6.45) is -5.82. The summed E-state index contributed by atoms with van der Waals surface area (Å²) in [5, 5.41) is 44.6. The molecule has 8 aliphatic rings. The second-order valence-corrected chi connectivity index (χ2v) is 20.1. The quantitative estimate of drug-likeness (QED) is 0.245. The molecule has 0 aromatic heterocycles. The zero-order valence-corrected chi connectivity index (χ0v) is 29.9. The number of nitrogens with zero attached hydrogens (tertiary/aromatic N) is 4. The standard InChI is InChI=1S/C32H32N6O7S4/c1-14(2)30-26(45)38-22-29(16-10-6-8-12-18(16)34-22,20(41)32(38,49(30)47)25(44)36(30)4)28-15-9-5-7-11-17(15)33-21(28)37-23(42)27(13-39)35(3)24(43)31(37,19(28)40)48(27)46/h5-12,14,19-22,33-34,39-41H,13H2,1-4H3. The average molecular weight is 741 g/mol. The van der Waals surface area contributed by atoms with Crippen LogP contribution in [0.2, 0.25) is 0 Å². The number of fused-ring (bicyclic) bond motifs is 11. The van der Waals surface area contributed by atoms with E-state index in [-0.39, 0.29) is 5.92 Å². The zero-order valence-electron chi connectivity index (χ0n) is 26.6. The number of carbonyl (C=O) groups is 4. The SMILES string of the molecule is CC(C)C12C(=O)N3C4Nc5ccccc5C4(C45c6ccccc6NC4N4C(=O)C6(CO)N(C)C(=O)C4(C5O)S6=S)C(O)C3(C(=O)N1C)S2=S. The van der Waals surface area contributed by atoms with E-state index in [1.807, 2.05) is 19.9 Å². The largest absolute Gasteiger partial charge is 0.392 e. The van der Waals surface area contributed by atoms with E-state index >= 15 is 4.79 Å². The van der Waals surface area contributed by atoms with Crippen LogP contribution < -0.4 is 10.6 Å². The normalized spacial score (nSPS) is 47.5. The average Bonchev–Trinajstić information content (AvgIpc) is 3.87. The molecule has 6 saturated heterocycles. The molecule has 2 aromatic rings. The molecule has 0 aliphatic carbocycles. The number of rotatable bonds is 3. The third-order valence-electron chi connectivity index (χ3n) is 13.2. The van der Waals surface area contributed by atoms with E-state index in [9.17, 15) is 29.7 Å². The van der Waals surface area contributed by atoms with Crippen LogP contribution in [0.5, 0.6) is 0 Å². The number of anilines is 2. The van der Waals surface area contributed by atoms with E-state index in [1.165, 1.54) is 26.6 Å². The summed E-state index contributed by atoms with van der Waals surface area (Å²) in [4.78, 5) is 57.5. The van der Waals surface area contributed by atoms with Gasteiger partial charge >= 0.3 is 0 Å². The van der Waals surface area contributed by atoms with Crippen molar-refractivity contribution >= 4 is 76.3 Å². The van der Waals surface area contributed by atoms with Gasteiger partial charge in [-0.25, -0.2) is 0 Å². The number of aliphatic hydroxyl groups is 3. The van der Waals surface area contributed by atoms with Gasteiger partial charge in [0.1, 0.15) is 24.5 Å². The lowest BCUT2D eigenvalue weighted by Crippen LogP contribution is -2.70. The Morgan fingerprint density at radius 2 is 1.18 bits per heavy atom. The summed E-state index contributed by atoms with van der Waals surface area (Å²) in [5.74, 6) is -2.51. The smallest absolute Gasteiger partial charge is 0.265 e. The fourth-order valence-electron chi connectivity index (χ4n) is 11.4. The zero-order chi connectivity index (χ0) is 34.7. The first-order valence-electron chi connectivity index (χ1n) is 16.0. The van der Waals surface area contributed by atoms with Gasteiger partial charge in [-0.3, -0.25) is 29.0 Å². The van der Waals surface area contributed by atoms with Crippen LogP contribution in [0.4, 0.5) is 11.4 Å². The second kappa shape index (κ2) is 8.52. The highest BCUT2D eigenvalue weighted by Crippen LogP contribution is 2.76. The molecule has 13 nitrogen and oxygen atoms in total. The molecule has 0 saturated carbocycles. The van der Waals surface area contributed by atoms with Crippen LogP contribution in [-0.2, 0) is 71.3 Å². The number of para-hydroxylation sites is 2. The second-order valence-electron chi connectivity index (χ2n) is 14.5. The lowest BCUT2D eigenvalue weighted by molar-refractivity contribution is -0.163. The van der Waals surface area contributed by atoms with Gasteiger partial charge in [0.2, 0.25) is 9.74 Å². The van der Waals surface area contributed by atoms with Crippen molar-refractivity contribution in [1.82, 2.24) is 19.6 Å². The summed E-state index contributed by atoms with van der Waals surface area (Å²) in [7, 11) is -0.192. The molecule has 8 heterocycles. The van der Waals surface area contributed by atoms with Crippen LogP contribution in [0, 0.1) is 5.92 Å². The molecule has 5 N–H and O–H groups in total. The molecule has 49 heavy (non-hydrogen) atoms. The molecule has 10 rings (SSSR count). The lowest BCUT2D eigenvalue weighted by Gasteiger charge is -2.51. The Morgan fingerprint density at radius 3 is 1.67 bits per heavy atom. The molecule has 256 valence electrons. The van der Waals surface area contributed by atoms with Crippen molar-refractivity contribution in [2.75, 3.05) is 31.3 Å². The Bertz CT molecular complexity index is 2100. The van der Waals surface area contributed by atoms with Gasteiger partial charge in [0.15, 0.2) is 9.74 Å². The van der Waals surface area contributed by atoms with Gasteiger partial charge in [0.05, 0.1) is 17.4 Å². The predicted molar refractivity (Wildman–Crippen MR) is 185 cm³/mol. The van der Waals surface area contributed by atoms with E-state index in [0.717, 1.165) is 0 Å². The Hall–Kier alpha value is -3.06. The third kappa shape index (κ3) is 2.32. The van der Waals surface area contributed by atoms with Crippen molar-refractivity contribution in [3.63, 3.8) is 0 Å². The molecule has 2 spiro atoms. The summed E-state index contributed by atoms with van der Waals surface area (Å²) < 4.78 is 0. The number of hydrogen-bond acceptors (Lipinski definition) is 11. The van der Waals surface area contributed by atoms with Crippen LogP contribution in [0.15, 0.2) is 48.5 Å². The number of benzene rings is 2. The molecule has 12 atom stereocenters. The minimum Gasteiger partial charge on any atom is -0.392 e. The number of nitrogens with one attached hydrogen (secondary N) is 2. The molecular formula is C32H32N6O7S4. The molecule has 4 amide bonds. The highest BCUT2D eigenvalue weighted by molar-refractivity contribution is 8.32. The predicted octanol–water partition coefficient (Wildman–Crippen LogP) is -1.66. The molecule has 12 unspecified atom stereocenters. The van der Waals surface area contributed by atoms with Crippen LogP contribution in [0.3, 0.4) is 0 Å². The summed E-state index contributed by atoms with van der Waals surface area (Å²) >= 11 is 12.3. The van der Waals surface area contributed by atoms with Gasteiger partial charge in [-0.15, -0.1) is 0 Å². The molecule has 17 heteroatoms. The van der Waals surface area contributed by atoms with Crippen molar-refractivity contribution in [2.45, 2.75) is 68.7 Å². The number of hydrogen-bond donors (Lipinski definition) is 5. The molecule has 6 fully saturated rings. The number of aliphatic hydroxyl groups excluding tert-OH is 3. The van der Waals surface area contributed by atoms with Crippen LogP contribution in [0.25, 0.3) is 0 Å². The van der Waals surface area contributed by atoms with Crippen molar-refractivity contribution in [2.24, 2.45) is 5.92 Å². The van der Waals surface area contributed by atoms with E-state index in [2.05, 4.69) is 10.6 Å². The van der Waals surface area contributed by atoms with Gasteiger partial charge in [0, 0.05) is 25.5 Å². The minimum absolute atomic E-state index is 0.385. The van der Waals surface area contributed by atoms with Crippen molar-refractivity contribution in [1.29, 1.82) is 0 Å². The van der Waals surface area contributed by atoms with E-state index in [4.69, 9.17) is 22.4 Å². The molecule has 8 aliphatic heterocycles. The Labute approximate surface area is 294 Å². The first kappa shape index (κ1) is 30.7. The maximum Gasteiger partial charge on any atom is 0.265 e. The van der Waals surface area contributed by atoms with Gasteiger partial charge < -0.3 is 35.8 Å². The summed E-state index contributed by atoms with van der Waals surface area (Å²) in [6.45, 7) is 2.96. The van der Waals surface area contributed by atoms with Crippen LogP contribution >= 0.6 is 0 Å². The number of amides is 4. The van der Waals surface area contributed by atoms with Crippen LogP contribution in [-0.4, -0.2) is 123 Å². The van der Waals surface area contributed by atoms with E-state index in [1.54, 1.807) is 49.5 Å². The Balaban J connectivity index is 1.35. The molecular weight excluding hydrogens is 709 g/mol. The third-order valence-corrected chi connectivity index (χ3v) is 21.3. The van der Waals surface area contributed by atoms with Crippen LogP contribution in [0.1, 0.15) is 25.0 Å². The number of carbonyl (C=O) groups excluding carboxylic acids is 4. The Kier molecular flexibility index (Phi) is 5.34. The highest BCUT2D eigenvalue weighted by atomic mass is 32.8. The summed E-state index contributed by atoms with van der Waals surface area (Å²) in [5.41, 5.74) is -1.42. The van der Waals surface area contributed by atoms with Crippen molar-refractivity contribution in [3.05, 3.63) is 59.7 Å². The van der Waals surface area contributed by atoms with Gasteiger partial charge in [-0.2, -0.15) is 0 Å². The first-order chi connectivity index (χ1) is 23.2. The van der Waals surface area contributed by atoms with E-state index in [0.29, 0.717) is 22.5 Å². The monoisotopic (exact) mass is 740 g/mol. The molecule has 4 bridgehead atoms. The maximum absolute atomic E-state index is 15.1. The van der Waals surface area contributed by atoms with Crippen molar-refractivity contribution in [3.8, 4) is 0 Å². The lowest BCUT2D eigenvalue weighted by atomic mass is 9.52. The minimum atomic E-state index is -2.01. The van der Waals surface area contributed by atoms with Crippen molar-refractivity contribution < 1.29 is 34.5 Å². The van der Waals surface area contributed by atoms with Gasteiger partial charge in [-0.05, 0) is 70.5 Å². The van der Waals surface area contributed by atoms with E-state index < -0.39 is 104 Å². The fourth-order valence-corrected chi connectivity index (χ4v) is 19.5. The van der Waals surface area contributed by atoms with Gasteiger partial charge in [-0.1, -0.05) is 50.2 Å². The maximum atomic E-state index is 15.1. The van der Waals surface area contributed by atoms with Gasteiger partial charge in [0.25, 0.3) is 23.6 Å². The fraction of sp³-hybridized carbons (Fsp3) is 0.500. The number of likely N-dealkylation sites (N-methyl/N-ethyl adjacent to an activating group) is 2. The number of piperazine rings is 2.